The van der Waals surface area contributed by atoms with E-state index in [1.54, 1.807) is 0 Å². The number of likely N-dealkylation sites (tertiary alicyclic amines) is 1. The van der Waals surface area contributed by atoms with Gasteiger partial charge in [-0.1, -0.05) is 30.3 Å². The number of hydrogen-bond donors (Lipinski definition) is 1. The summed E-state index contributed by atoms with van der Waals surface area (Å²) in [6.07, 6.45) is 8.15. The van der Waals surface area contributed by atoms with Gasteiger partial charge in [-0.25, -0.2) is 4.79 Å². The Balaban J connectivity index is 1.47. The molecule has 1 saturated carbocycles. The highest BCUT2D eigenvalue weighted by Crippen LogP contribution is 2.34. The number of aromatic nitrogens is 1. The summed E-state index contributed by atoms with van der Waals surface area (Å²) in [5.41, 5.74) is 3.82. The van der Waals surface area contributed by atoms with Gasteiger partial charge in [0.15, 0.2) is 0 Å². The first-order valence-corrected chi connectivity index (χ1v) is 8.86. The zero-order valence-corrected chi connectivity index (χ0v) is 13.8. The van der Waals surface area contributed by atoms with Crippen molar-refractivity contribution in [2.45, 2.75) is 37.6 Å². The van der Waals surface area contributed by atoms with Gasteiger partial charge in [0.1, 0.15) is 0 Å². The van der Waals surface area contributed by atoms with E-state index in [2.05, 4.69) is 40.6 Å². The van der Waals surface area contributed by atoms with Gasteiger partial charge in [-0.15, -0.1) is 0 Å². The van der Waals surface area contributed by atoms with Crippen molar-refractivity contribution in [1.29, 1.82) is 0 Å². The van der Waals surface area contributed by atoms with Crippen molar-refractivity contribution in [3.63, 3.8) is 0 Å². The molecule has 0 bridgehead atoms. The highest BCUT2D eigenvalue weighted by atomic mass is 16.2. The Morgan fingerprint density at radius 3 is 2.50 bits per heavy atom. The molecule has 2 aromatic rings. The number of rotatable bonds is 3. The van der Waals surface area contributed by atoms with E-state index in [-0.39, 0.29) is 6.03 Å². The third-order valence-corrected chi connectivity index (χ3v) is 5.06. The fourth-order valence-electron chi connectivity index (χ4n) is 3.50. The molecule has 1 aliphatic carbocycles. The molecule has 1 aliphatic heterocycles. The number of nitrogens with zero attached hydrogens (tertiary/aromatic N) is 2. The van der Waals surface area contributed by atoms with Crippen LogP contribution in [0.5, 0.6) is 0 Å². The molecular weight excluding hydrogens is 298 g/mol. The second kappa shape index (κ2) is 6.63. The lowest BCUT2D eigenvalue weighted by Gasteiger charge is -2.33. The molecule has 4 rings (SSSR count). The Hall–Kier alpha value is -2.36. The molecule has 4 nitrogen and oxygen atoms in total. The zero-order valence-electron chi connectivity index (χ0n) is 13.8. The van der Waals surface area contributed by atoms with Crippen molar-refractivity contribution in [2.24, 2.45) is 0 Å². The van der Waals surface area contributed by atoms with E-state index in [0.717, 1.165) is 38.8 Å². The van der Waals surface area contributed by atoms with Crippen LogP contribution < -0.4 is 5.32 Å². The van der Waals surface area contributed by atoms with Crippen molar-refractivity contribution < 1.29 is 4.79 Å². The van der Waals surface area contributed by atoms with Gasteiger partial charge in [0, 0.05) is 31.5 Å². The standard InChI is InChI=1S/C20H23N3O/c24-20(22-17-6-7-17)23-12-9-16(10-13-23)19-14-21-11-8-18(19)15-4-2-1-3-5-15/h1-5,8,11,14,16-17H,6-7,9-10,12-13H2,(H,22,24). The lowest BCUT2D eigenvalue weighted by atomic mass is 9.86. The van der Waals surface area contributed by atoms with E-state index in [4.69, 9.17) is 0 Å². The molecule has 1 saturated heterocycles. The van der Waals surface area contributed by atoms with E-state index >= 15 is 0 Å². The largest absolute Gasteiger partial charge is 0.335 e. The molecule has 2 fully saturated rings. The number of benzene rings is 1. The van der Waals surface area contributed by atoms with Gasteiger partial charge in [-0.3, -0.25) is 4.98 Å². The monoisotopic (exact) mass is 321 g/mol. The molecule has 4 heteroatoms. The van der Waals surface area contributed by atoms with E-state index in [1.807, 2.05) is 23.4 Å². The predicted molar refractivity (Wildman–Crippen MR) is 94.8 cm³/mol. The lowest BCUT2D eigenvalue weighted by Crippen LogP contribution is -2.44. The summed E-state index contributed by atoms with van der Waals surface area (Å²) in [4.78, 5) is 18.5. The Morgan fingerprint density at radius 2 is 1.79 bits per heavy atom. The maximum Gasteiger partial charge on any atom is 0.317 e. The van der Waals surface area contributed by atoms with Crippen LogP contribution in [0.1, 0.15) is 37.2 Å². The van der Waals surface area contributed by atoms with Crippen LogP contribution in [0.25, 0.3) is 11.1 Å². The summed E-state index contributed by atoms with van der Waals surface area (Å²) in [6.45, 7) is 1.65. The molecule has 2 heterocycles. The molecule has 0 radical (unpaired) electrons. The van der Waals surface area contributed by atoms with Crippen molar-refractivity contribution in [2.75, 3.05) is 13.1 Å². The van der Waals surface area contributed by atoms with Crippen LogP contribution in [0.15, 0.2) is 48.8 Å². The molecule has 124 valence electrons. The quantitative estimate of drug-likeness (QED) is 0.934. The van der Waals surface area contributed by atoms with Gasteiger partial charge in [0.2, 0.25) is 0 Å². The SMILES string of the molecule is O=C(NC1CC1)N1CCC(c2cnccc2-c2ccccc2)CC1. The summed E-state index contributed by atoms with van der Waals surface area (Å²) in [5, 5.41) is 3.09. The molecule has 24 heavy (non-hydrogen) atoms. The molecule has 1 N–H and O–H groups in total. The average Bonchev–Trinajstić information content (AvgIpc) is 3.46. The first kappa shape index (κ1) is 15.2. The summed E-state index contributed by atoms with van der Waals surface area (Å²) >= 11 is 0. The van der Waals surface area contributed by atoms with E-state index in [1.165, 1.54) is 16.7 Å². The predicted octanol–water partition coefficient (Wildman–Crippen LogP) is 3.80. The normalized spacial score (nSPS) is 18.4. The highest BCUT2D eigenvalue weighted by molar-refractivity contribution is 5.75. The van der Waals surface area contributed by atoms with Crippen LogP contribution in [0.3, 0.4) is 0 Å². The summed E-state index contributed by atoms with van der Waals surface area (Å²) in [6, 6.07) is 13.1. The van der Waals surface area contributed by atoms with Gasteiger partial charge >= 0.3 is 6.03 Å². The van der Waals surface area contributed by atoms with Crippen LogP contribution >= 0.6 is 0 Å². The molecule has 0 atom stereocenters. The van der Waals surface area contributed by atoms with Crippen LogP contribution in [0.2, 0.25) is 0 Å². The fourth-order valence-corrected chi connectivity index (χ4v) is 3.50. The Morgan fingerprint density at radius 1 is 1.04 bits per heavy atom. The first-order chi connectivity index (χ1) is 11.8. The van der Waals surface area contributed by atoms with Crippen LogP contribution in [0.4, 0.5) is 4.79 Å². The van der Waals surface area contributed by atoms with Crippen molar-refractivity contribution in [3.8, 4) is 11.1 Å². The molecular formula is C20H23N3O. The average molecular weight is 321 g/mol. The number of nitrogens with one attached hydrogen (secondary N) is 1. The number of hydrogen-bond acceptors (Lipinski definition) is 2. The summed E-state index contributed by atoms with van der Waals surface area (Å²) in [5.74, 6) is 0.471. The molecule has 0 unspecified atom stereocenters. The molecule has 2 amide bonds. The second-order valence-electron chi connectivity index (χ2n) is 6.81. The molecule has 2 aliphatic rings. The van der Waals surface area contributed by atoms with Gasteiger partial charge in [0.05, 0.1) is 0 Å². The lowest BCUT2D eigenvalue weighted by molar-refractivity contribution is 0.181. The maximum atomic E-state index is 12.2. The van der Waals surface area contributed by atoms with Gasteiger partial charge in [-0.05, 0) is 54.4 Å². The number of urea groups is 1. The maximum absolute atomic E-state index is 12.2. The number of pyridine rings is 1. The minimum Gasteiger partial charge on any atom is -0.335 e. The van der Waals surface area contributed by atoms with Crippen molar-refractivity contribution in [1.82, 2.24) is 15.2 Å². The number of amides is 2. The van der Waals surface area contributed by atoms with Gasteiger partial charge in [0.25, 0.3) is 0 Å². The Kier molecular flexibility index (Phi) is 4.20. The molecule has 0 spiro atoms. The number of piperidine rings is 1. The summed E-state index contributed by atoms with van der Waals surface area (Å²) in [7, 11) is 0. The van der Waals surface area contributed by atoms with E-state index < -0.39 is 0 Å². The van der Waals surface area contributed by atoms with Gasteiger partial charge in [-0.2, -0.15) is 0 Å². The van der Waals surface area contributed by atoms with E-state index in [0.29, 0.717) is 12.0 Å². The minimum absolute atomic E-state index is 0.116. The second-order valence-corrected chi connectivity index (χ2v) is 6.81. The van der Waals surface area contributed by atoms with E-state index in [9.17, 15) is 4.79 Å². The number of carbonyl (C=O) groups is 1. The van der Waals surface area contributed by atoms with Crippen molar-refractivity contribution in [3.05, 3.63) is 54.4 Å². The minimum atomic E-state index is 0.116. The Bertz CT molecular complexity index is 704. The summed E-state index contributed by atoms with van der Waals surface area (Å²) < 4.78 is 0. The molecule has 1 aromatic heterocycles. The van der Waals surface area contributed by atoms with Crippen LogP contribution in [0, 0.1) is 0 Å². The van der Waals surface area contributed by atoms with Crippen LogP contribution in [-0.4, -0.2) is 35.0 Å². The van der Waals surface area contributed by atoms with Crippen molar-refractivity contribution >= 4 is 6.03 Å². The van der Waals surface area contributed by atoms with Crippen LogP contribution in [-0.2, 0) is 0 Å². The number of carbonyl (C=O) groups excluding carboxylic acids is 1. The first-order valence-electron chi connectivity index (χ1n) is 8.86. The molecule has 1 aromatic carbocycles. The fraction of sp³-hybridized carbons (Fsp3) is 0.400. The Labute approximate surface area is 142 Å². The smallest absolute Gasteiger partial charge is 0.317 e. The third kappa shape index (κ3) is 3.28. The third-order valence-electron chi connectivity index (χ3n) is 5.06. The highest BCUT2D eigenvalue weighted by Gasteiger charge is 2.29. The van der Waals surface area contributed by atoms with Gasteiger partial charge < -0.3 is 10.2 Å². The zero-order chi connectivity index (χ0) is 16.4. The topological polar surface area (TPSA) is 45.2 Å².